The van der Waals surface area contributed by atoms with Crippen LogP contribution in [0.2, 0.25) is 0 Å². The minimum Gasteiger partial charge on any atom is -0.497 e. The highest BCUT2D eigenvalue weighted by Gasteiger charge is 2.53. The van der Waals surface area contributed by atoms with Gasteiger partial charge < -0.3 is 29.4 Å². The molecule has 9 heteroatoms. The Morgan fingerprint density at radius 1 is 0.978 bits per heavy atom. The first-order valence-electron chi connectivity index (χ1n) is 15.4. The van der Waals surface area contributed by atoms with E-state index in [1.807, 2.05) is 104 Å². The smallest absolute Gasteiger partial charge is 0.252 e. The highest BCUT2D eigenvalue weighted by atomic mass is 79.9. The Labute approximate surface area is 278 Å². The number of aliphatic hydroxyl groups excluding tert-OH is 1. The van der Waals surface area contributed by atoms with Crippen molar-refractivity contribution in [3.8, 4) is 17.2 Å². The van der Waals surface area contributed by atoms with Gasteiger partial charge in [0.2, 0.25) is 5.90 Å². The van der Waals surface area contributed by atoms with Crippen molar-refractivity contribution in [1.29, 1.82) is 0 Å². The van der Waals surface area contributed by atoms with Crippen molar-refractivity contribution in [2.45, 2.75) is 37.8 Å². The molecule has 0 radical (unpaired) electrons. The summed E-state index contributed by atoms with van der Waals surface area (Å²) in [5, 5.41) is 12.3. The summed E-state index contributed by atoms with van der Waals surface area (Å²) >= 11 is 3.53. The Balaban J connectivity index is 1.52. The Bertz CT molecular complexity index is 1630. The normalized spacial score (nSPS) is 17.1. The number of amides is 1. The van der Waals surface area contributed by atoms with Crippen LogP contribution >= 0.6 is 15.9 Å². The molecular weight excluding hydrogens is 648 g/mol. The van der Waals surface area contributed by atoms with E-state index in [4.69, 9.17) is 29.0 Å². The summed E-state index contributed by atoms with van der Waals surface area (Å²) < 4.78 is 24.7. The van der Waals surface area contributed by atoms with E-state index in [0.717, 1.165) is 32.5 Å². The molecule has 8 nitrogen and oxygen atoms in total. The van der Waals surface area contributed by atoms with E-state index in [1.54, 1.807) is 7.11 Å². The topological polar surface area (TPSA) is 98.6 Å². The number of aliphatic imine (C=N–C) groups is 1. The first kappa shape index (κ1) is 33.0. The third-order valence-electron chi connectivity index (χ3n) is 7.77. The number of carbonyl (C=O) groups excluding carboxylic acids is 1. The molecule has 4 aromatic carbocycles. The number of benzene rings is 4. The average Bonchev–Trinajstić information content (AvgIpc) is 3.47. The van der Waals surface area contributed by atoms with E-state index < -0.39 is 11.6 Å². The molecule has 1 aliphatic rings. The average molecular weight is 688 g/mol. The quantitative estimate of drug-likeness (QED) is 0.139. The zero-order valence-electron chi connectivity index (χ0n) is 26.1. The molecule has 5 rings (SSSR count). The van der Waals surface area contributed by atoms with Crippen molar-refractivity contribution in [2.75, 3.05) is 33.5 Å². The number of rotatable bonds is 15. The minimum atomic E-state index is -1.33. The van der Waals surface area contributed by atoms with Gasteiger partial charge in [-0.05, 0) is 84.6 Å². The summed E-state index contributed by atoms with van der Waals surface area (Å²) in [7, 11) is 1.61. The molecule has 1 amide bonds. The lowest BCUT2D eigenvalue weighted by molar-refractivity contribution is -0.128. The van der Waals surface area contributed by atoms with Gasteiger partial charge in [-0.1, -0.05) is 58.4 Å². The van der Waals surface area contributed by atoms with Crippen LogP contribution < -0.4 is 19.5 Å². The number of methoxy groups -OCH3 is 1. The zero-order valence-corrected chi connectivity index (χ0v) is 27.7. The van der Waals surface area contributed by atoms with Crippen LogP contribution in [-0.2, 0) is 22.4 Å². The first-order chi connectivity index (χ1) is 22.5. The van der Waals surface area contributed by atoms with Gasteiger partial charge in [0.1, 0.15) is 17.2 Å². The lowest BCUT2D eigenvalue weighted by Crippen LogP contribution is -2.50. The van der Waals surface area contributed by atoms with E-state index in [9.17, 15) is 4.79 Å². The van der Waals surface area contributed by atoms with Crippen LogP contribution in [0.1, 0.15) is 41.7 Å². The van der Waals surface area contributed by atoms with Crippen LogP contribution in [0.25, 0.3) is 0 Å². The number of hydrogen-bond acceptors (Lipinski definition) is 7. The van der Waals surface area contributed by atoms with Crippen molar-refractivity contribution in [3.05, 3.63) is 124 Å². The SMILES string of the molecule is CCOc1ccccc1CCNC(=O)[C@]1(Cc2ccc(Br)cc2)N=C(c2ccc(OCCCO)cc2)O[C@@H]1c1cccc(OC)c1. The fourth-order valence-electron chi connectivity index (χ4n) is 5.47. The van der Waals surface area contributed by atoms with Crippen LogP contribution in [0, 0.1) is 0 Å². The number of hydrogen-bond donors (Lipinski definition) is 2. The van der Waals surface area contributed by atoms with Crippen LogP contribution in [0.5, 0.6) is 17.2 Å². The minimum absolute atomic E-state index is 0.0654. The fourth-order valence-corrected chi connectivity index (χ4v) is 5.74. The highest BCUT2D eigenvalue weighted by molar-refractivity contribution is 9.10. The summed E-state index contributed by atoms with van der Waals surface area (Å²) in [6, 6.07) is 30.8. The van der Waals surface area contributed by atoms with Gasteiger partial charge in [0.05, 0.1) is 20.3 Å². The summed E-state index contributed by atoms with van der Waals surface area (Å²) in [6.07, 6.45) is 0.701. The predicted molar refractivity (Wildman–Crippen MR) is 182 cm³/mol. The maximum atomic E-state index is 14.5. The van der Waals surface area contributed by atoms with E-state index in [2.05, 4.69) is 21.2 Å². The van der Waals surface area contributed by atoms with Crippen LogP contribution in [-0.4, -0.2) is 55.9 Å². The predicted octanol–water partition coefficient (Wildman–Crippen LogP) is 6.48. The van der Waals surface area contributed by atoms with E-state index in [1.165, 1.54) is 0 Å². The molecular formula is C37H39BrN2O6. The van der Waals surface area contributed by atoms with Gasteiger partial charge in [0.25, 0.3) is 5.91 Å². The Kier molecular flexibility index (Phi) is 11.3. The van der Waals surface area contributed by atoms with Crippen molar-refractivity contribution in [2.24, 2.45) is 4.99 Å². The number of nitrogens with one attached hydrogen (secondary N) is 1. The van der Waals surface area contributed by atoms with Crippen molar-refractivity contribution < 1.29 is 28.8 Å². The lowest BCUT2D eigenvalue weighted by atomic mass is 9.82. The highest BCUT2D eigenvalue weighted by Crippen LogP contribution is 2.43. The molecule has 2 atom stereocenters. The molecule has 240 valence electrons. The van der Waals surface area contributed by atoms with Crippen LogP contribution in [0.4, 0.5) is 0 Å². The van der Waals surface area contributed by atoms with E-state index >= 15 is 0 Å². The standard InChI is InChI=1S/C37H39BrN2O6/c1-3-44-33-11-5-4-8-27(33)20-21-39-36(42)37(25-26-12-16-30(38)17-13-26)34(29-9-6-10-32(24-29)43-2)46-35(40-37)28-14-18-31(19-15-28)45-23-7-22-41/h4-6,8-19,24,34,41H,3,7,20-23,25H2,1-2H3,(H,39,42)/t34-,37-/m1/s1. The maximum absolute atomic E-state index is 14.5. The molecule has 0 aromatic heterocycles. The second-order valence-corrected chi connectivity index (χ2v) is 11.8. The monoisotopic (exact) mass is 686 g/mol. The number of carbonyl (C=O) groups is 1. The Morgan fingerprint density at radius 3 is 2.50 bits per heavy atom. The summed E-state index contributed by atoms with van der Waals surface area (Å²) in [6.45, 7) is 3.39. The summed E-state index contributed by atoms with van der Waals surface area (Å²) in [4.78, 5) is 19.7. The Hall–Kier alpha value is -4.34. The van der Waals surface area contributed by atoms with Gasteiger partial charge in [0, 0.05) is 36.0 Å². The van der Waals surface area contributed by atoms with E-state index in [0.29, 0.717) is 56.4 Å². The molecule has 2 N–H and O–H groups in total. The van der Waals surface area contributed by atoms with E-state index in [-0.39, 0.29) is 12.5 Å². The van der Waals surface area contributed by atoms with Crippen molar-refractivity contribution >= 4 is 27.7 Å². The third-order valence-corrected chi connectivity index (χ3v) is 8.29. The fraction of sp³-hybridized carbons (Fsp3) is 0.297. The molecule has 0 spiro atoms. The van der Waals surface area contributed by atoms with Gasteiger partial charge in [-0.25, -0.2) is 4.99 Å². The third kappa shape index (κ3) is 7.89. The summed E-state index contributed by atoms with van der Waals surface area (Å²) in [5.74, 6) is 2.27. The largest absolute Gasteiger partial charge is 0.497 e. The van der Waals surface area contributed by atoms with Crippen molar-refractivity contribution in [1.82, 2.24) is 5.32 Å². The lowest BCUT2D eigenvalue weighted by Gasteiger charge is -2.31. The molecule has 46 heavy (non-hydrogen) atoms. The number of nitrogens with zero attached hydrogens (tertiary/aromatic N) is 1. The van der Waals surface area contributed by atoms with Gasteiger partial charge in [0.15, 0.2) is 11.6 Å². The molecule has 1 aliphatic heterocycles. The molecule has 0 fully saturated rings. The number of ether oxygens (including phenoxy) is 4. The molecule has 4 aromatic rings. The molecule has 0 saturated carbocycles. The first-order valence-corrected chi connectivity index (χ1v) is 16.2. The van der Waals surface area contributed by atoms with Gasteiger partial charge in [-0.2, -0.15) is 0 Å². The molecule has 0 aliphatic carbocycles. The van der Waals surface area contributed by atoms with Crippen LogP contribution in [0.15, 0.2) is 107 Å². The molecule has 0 bridgehead atoms. The van der Waals surface area contributed by atoms with Gasteiger partial charge in [-0.3, -0.25) is 4.79 Å². The summed E-state index contributed by atoms with van der Waals surface area (Å²) in [5.41, 5.74) is 2.12. The number of para-hydroxylation sites is 1. The Morgan fingerprint density at radius 2 is 1.76 bits per heavy atom. The maximum Gasteiger partial charge on any atom is 0.252 e. The van der Waals surface area contributed by atoms with Gasteiger partial charge >= 0.3 is 0 Å². The van der Waals surface area contributed by atoms with Crippen molar-refractivity contribution in [3.63, 3.8) is 0 Å². The second kappa shape index (κ2) is 15.8. The second-order valence-electron chi connectivity index (χ2n) is 10.9. The number of aliphatic hydroxyl groups is 1. The molecule has 0 saturated heterocycles. The molecule has 1 heterocycles. The van der Waals surface area contributed by atoms with Gasteiger partial charge in [-0.15, -0.1) is 0 Å². The van der Waals surface area contributed by atoms with Crippen LogP contribution in [0.3, 0.4) is 0 Å². The zero-order chi connectivity index (χ0) is 32.4. The molecule has 0 unspecified atom stereocenters. The number of halogens is 1.